The summed E-state index contributed by atoms with van der Waals surface area (Å²) in [6.07, 6.45) is 0.373. The molecule has 1 aliphatic rings. The average Bonchev–Trinajstić information content (AvgIpc) is 2.82. The number of carbonyl (C=O) groups excluding carboxylic acids is 1. The van der Waals surface area contributed by atoms with Gasteiger partial charge in [0.15, 0.2) is 11.7 Å². The molecule has 1 heterocycles. The Kier molecular flexibility index (Phi) is 3.97. The van der Waals surface area contributed by atoms with Gasteiger partial charge in [-0.3, -0.25) is 9.79 Å². The molecule has 96 valence electrons. The maximum Gasteiger partial charge on any atom is 0.191 e. The first-order valence-electron chi connectivity index (χ1n) is 6.11. The Balaban J connectivity index is 1.98. The van der Waals surface area contributed by atoms with E-state index in [4.69, 9.17) is 9.47 Å². The molecule has 0 saturated carbocycles. The summed E-state index contributed by atoms with van der Waals surface area (Å²) in [5.74, 6) is 1.34. The second-order valence-corrected chi connectivity index (χ2v) is 4.41. The first kappa shape index (κ1) is 12.6. The third kappa shape index (κ3) is 3.32. The zero-order chi connectivity index (χ0) is 13.0. The van der Waals surface area contributed by atoms with Crippen molar-refractivity contribution >= 4 is 11.7 Å². The Hall–Kier alpha value is -1.84. The molecule has 4 nitrogen and oxygen atoms in total. The van der Waals surface area contributed by atoms with Crippen molar-refractivity contribution in [1.82, 2.24) is 0 Å². The number of hydrogen-bond acceptors (Lipinski definition) is 4. The van der Waals surface area contributed by atoms with Crippen molar-refractivity contribution in [3.8, 4) is 5.75 Å². The summed E-state index contributed by atoms with van der Waals surface area (Å²) >= 11 is 0. The van der Waals surface area contributed by atoms with Crippen LogP contribution in [-0.2, 0) is 4.74 Å². The van der Waals surface area contributed by atoms with Gasteiger partial charge in [-0.2, -0.15) is 0 Å². The van der Waals surface area contributed by atoms with Crippen molar-refractivity contribution in [3.63, 3.8) is 0 Å². The first-order chi connectivity index (χ1) is 8.65. The molecule has 1 aliphatic heterocycles. The van der Waals surface area contributed by atoms with Crippen LogP contribution in [0.4, 0.5) is 0 Å². The van der Waals surface area contributed by atoms with Crippen LogP contribution in [0.25, 0.3) is 0 Å². The van der Waals surface area contributed by atoms with E-state index in [9.17, 15) is 4.79 Å². The van der Waals surface area contributed by atoms with Gasteiger partial charge in [0.05, 0.1) is 19.1 Å². The quantitative estimate of drug-likeness (QED) is 0.751. The highest BCUT2D eigenvalue weighted by Crippen LogP contribution is 2.15. The molecular formula is C14H17NO3. The Morgan fingerprint density at radius 1 is 1.39 bits per heavy atom. The van der Waals surface area contributed by atoms with Gasteiger partial charge in [0.25, 0.3) is 0 Å². The topological polar surface area (TPSA) is 47.9 Å². The van der Waals surface area contributed by atoms with Gasteiger partial charge >= 0.3 is 0 Å². The summed E-state index contributed by atoms with van der Waals surface area (Å²) in [6, 6.07) is 7.17. The molecule has 4 heteroatoms. The number of carbonyl (C=O) groups is 1. The number of hydrogen-bond donors (Lipinski definition) is 0. The predicted octanol–water partition coefficient (Wildman–Crippen LogP) is 2.48. The molecule has 18 heavy (non-hydrogen) atoms. The van der Waals surface area contributed by atoms with Crippen molar-refractivity contribution in [1.29, 1.82) is 0 Å². The number of Topliss-reactive ketones (excluding diaryl/α,β-unsaturated/α-hetero) is 1. The minimum Gasteiger partial charge on any atom is -0.491 e. The van der Waals surface area contributed by atoms with Gasteiger partial charge in [0, 0.05) is 5.56 Å². The van der Waals surface area contributed by atoms with Gasteiger partial charge in [-0.25, -0.2) is 0 Å². The normalized spacial score (nSPS) is 14.3. The molecule has 0 saturated heterocycles. The minimum atomic E-state index is 0.0201. The zero-order valence-corrected chi connectivity index (χ0v) is 10.7. The maximum atomic E-state index is 11.9. The van der Waals surface area contributed by atoms with E-state index >= 15 is 0 Å². The molecular weight excluding hydrogens is 230 g/mol. The molecule has 0 bridgehead atoms. The third-order valence-electron chi connectivity index (χ3n) is 2.51. The Labute approximate surface area is 107 Å². The van der Waals surface area contributed by atoms with Crippen LogP contribution in [-0.4, -0.2) is 30.9 Å². The van der Waals surface area contributed by atoms with E-state index in [0.29, 0.717) is 24.6 Å². The van der Waals surface area contributed by atoms with Crippen molar-refractivity contribution in [2.45, 2.75) is 26.4 Å². The lowest BCUT2D eigenvalue weighted by molar-refractivity contribution is 0.0994. The second kappa shape index (κ2) is 5.67. The van der Waals surface area contributed by atoms with Crippen molar-refractivity contribution in [3.05, 3.63) is 29.8 Å². The van der Waals surface area contributed by atoms with Crippen LogP contribution >= 0.6 is 0 Å². The van der Waals surface area contributed by atoms with E-state index in [1.54, 1.807) is 12.1 Å². The van der Waals surface area contributed by atoms with Gasteiger partial charge in [-0.05, 0) is 38.1 Å². The maximum absolute atomic E-state index is 11.9. The molecule has 2 rings (SSSR count). The molecule has 0 unspecified atom stereocenters. The van der Waals surface area contributed by atoms with Gasteiger partial charge in [-0.15, -0.1) is 0 Å². The number of ether oxygens (including phenoxy) is 2. The first-order valence-corrected chi connectivity index (χ1v) is 6.11. The van der Waals surface area contributed by atoms with Crippen LogP contribution in [0.3, 0.4) is 0 Å². The lowest BCUT2D eigenvalue weighted by atomic mass is 10.1. The summed E-state index contributed by atoms with van der Waals surface area (Å²) in [6.45, 7) is 5.18. The van der Waals surface area contributed by atoms with E-state index in [1.807, 2.05) is 26.0 Å². The highest BCUT2D eigenvalue weighted by atomic mass is 16.5. The molecule has 0 aromatic heterocycles. The van der Waals surface area contributed by atoms with Crippen LogP contribution in [0.5, 0.6) is 5.75 Å². The van der Waals surface area contributed by atoms with Crippen LogP contribution in [0.15, 0.2) is 29.3 Å². The highest BCUT2D eigenvalue weighted by molar-refractivity contribution is 6.07. The minimum absolute atomic E-state index is 0.0201. The number of nitrogens with zero attached hydrogens (tertiary/aromatic N) is 1. The van der Waals surface area contributed by atoms with Crippen LogP contribution in [0, 0.1) is 0 Å². The number of ketones is 1. The molecule has 1 aromatic carbocycles. The smallest absolute Gasteiger partial charge is 0.191 e. The van der Waals surface area contributed by atoms with Gasteiger partial charge in [0.2, 0.25) is 0 Å². The average molecular weight is 247 g/mol. The molecule has 0 radical (unpaired) electrons. The molecule has 1 aromatic rings. The number of rotatable bonds is 5. The number of aliphatic imine (C=N–C) groups is 1. The summed E-state index contributed by atoms with van der Waals surface area (Å²) in [7, 11) is 0. The fraction of sp³-hybridized carbons (Fsp3) is 0.429. The SMILES string of the molecule is CC(C)Oc1ccc(C(=O)CC2=NCCO2)cc1. The molecule has 0 fully saturated rings. The number of benzene rings is 1. The highest BCUT2D eigenvalue weighted by Gasteiger charge is 2.14. The summed E-state index contributed by atoms with van der Waals surface area (Å²) < 4.78 is 10.7. The van der Waals surface area contributed by atoms with Crippen molar-refractivity contribution in [2.24, 2.45) is 4.99 Å². The van der Waals surface area contributed by atoms with Crippen molar-refractivity contribution in [2.75, 3.05) is 13.2 Å². The van der Waals surface area contributed by atoms with Crippen LogP contribution in [0.2, 0.25) is 0 Å². The van der Waals surface area contributed by atoms with E-state index in [1.165, 1.54) is 0 Å². The lowest BCUT2D eigenvalue weighted by Gasteiger charge is -2.09. The van der Waals surface area contributed by atoms with Gasteiger partial charge in [0.1, 0.15) is 12.4 Å². The molecule has 0 aliphatic carbocycles. The predicted molar refractivity (Wildman–Crippen MR) is 69.4 cm³/mol. The Bertz CT molecular complexity index is 449. The summed E-state index contributed by atoms with van der Waals surface area (Å²) in [4.78, 5) is 16.0. The van der Waals surface area contributed by atoms with E-state index in [2.05, 4.69) is 4.99 Å². The fourth-order valence-corrected chi connectivity index (χ4v) is 1.72. The van der Waals surface area contributed by atoms with Gasteiger partial charge in [-0.1, -0.05) is 0 Å². The summed E-state index contributed by atoms with van der Waals surface area (Å²) in [5, 5.41) is 0. The van der Waals surface area contributed by atoms with Gasteiger partial charge < -0.3 is 9.47 Å². The standard InChI is InChI=1S/C14H17NO3/c1-10(2)18-12-5-3-11(4-6-12)13(16)9-14-15-7-8-17-14/h3-6,10H,7-9H2,1-2H3. The van der Waals surface area contributed by atoms with Crippen LogP contribution in [0.1, 0.15) is 30.6 Å². The molecule has 0 atom stereocenters. The van der Waals surface area contributed by atoms with E-state index in [-0.39, 0.29) is 18.3 Å². The summed E-state index contributed by atoms with van der Waals surface area (Å²) in [5.41, 5.74) is 0.657. The van der Waals surface area contributed by atoms with E-state index < -0.39 is 0 Å². The molecule has 0 N–H and O–H groups in total. The zero-order valence-electron chi connectivity index (χ0n) is 10.7. The van der Waals surface area contributed by atoms with Crippen molar-refractivity contribution < 1.29 is 14.3 Å². The molecule has 0 amide bonds. The second-order valence-electron chi connectivity index (χ2n) is 4.41. The largest absolute Gasteiger partial charge is 0.491 e. The van der Waals surface area contributed by atoms with Crippen LogP contribution < -0.4 is 4.74 Å². The fourth-order valence-electron chi connectivity index (χ4n) is 1.72. The molecule has 0 spiro atoms. The van der Waals surface area contributed by atoms with E-state index in [0.717, 1.165) is 5.75 Å². The third-order valence-corrected chi connectivity index (χ3v) is 2.51. The lowest BCUT2D eigenvalue weighted by Crippen LogP contribution is -2.09. The Morgan fingerprint density at radius 2 is 2.11 bits per heavy atom. The Morgan fingerprint density at radius 3 is 2.67 bits per heavy atom. The monoisotopic (exact) mass is 247 g/mol.